The zero-order valence-electron chi connectivity index (χ0n) is 8.86. The lowest BCUT2D eigenvalue weighted by Crippen LogP contribution is -2.42. The molecular weight excluding hydrogens is 262 g/mol. The number of hydrogen-bond acceptors (Lipinski definition) is 8. The molecule has 10 heteroatoms. The smallest absolute Gasteiger partial charge is 0.264 e. The van der Waals surface area contributed by atoms with Gasteiger partial charge in [-0.25, -0.2) is 0 Å². The van der Waals surface area contributed by atoms with E-state index in [1.54, 1.807) is 0 Å². The number of nitrogens with two attached hydrogens (primary N) is 1. The Bertz CT molecular complexity index is 361. The summed E-state index contributed by atoms with van der Waals surface area (Å²) in [5.41, 5.74) is 5.34. The number of rotatable bonds is 7. The summed E-state index contributed by atoms with van der Waals surface area (Å²) in [5, 5.41) is 9.29. The Labute approximate surface area is 94.6 Å². The molecule has 0 radical (unpaired) electrons. The molecule has 2 unspecified atom stereocenters. The van der Waals surface area contributed by atoms with Crippen LogP contribution in [0.5, 0.6) is 0 Å². The minimum absolute atomic E-state index is 0.451. The molecule has 0 aliphatic carbocycles. The van der Waals surface area contributed by atoms with Gasteiger partial charge in [0, 0.05) is 0 Å². The first kappa shape index (κ1) is 15.7. The summed E-state index contributed by atoms with van der Waals surface area (Å²) in [6, 6.07) is -1.06. The quantitative estimate of drug-likeness (QED) is 0.493. The topological polar surface area (TPSA) is 133 Å². The van der Waals surface area contributed by atoms with Crippen molar-refractivity contribution in [2.45, 2.75) is 12.1 Å². The van der Waals surface area contributed by atoms with Gasteiger partial charge in [-0.2, -0.15) is 16.8 Å². The third-order valence-corrected chi connectivity index (χ3v) is 2.55. The van der Waals surface area contributed by atoms with E-state index in [2.05, 4.69) is 8.37 Å². The highest BCUT2D eigenvalue weighted by molar-refractivity contribution is 7.86. The van der Waals surface area contributed by atoms with Crippen molar-refractivity contribution < 1.29 is 30.3 Å². The molecule has 0 amide bonds. The number of aliphatic hydroxyl groups is 1. The van der Waals surface area contributed by atoms with Gasteiger partial charge in [-0.3, -0.25) is 8.37 Å². The molecule has 0 fully saturated rings. The highest BCUT2D eigenvalue weighted by atomic mass is 32.2. The van der Waals surface area contributed by atoms with Crippen LogP contribution in [0.25, 0.3) is 0 Å². The minimum atomic E-state index is -3.67. The zero-order valence-corrected chi connectivity index (χ0v) is 10.5. The van der Waals surface area contributed by atoms with Gasteiger partial charge in [-0.05, 0) is 0 Å². The third kappa shape index (κ3) is 9.00. The molecule has 0 aliphatic heterocycles. The Hall–Kier alpha value is -0.260. The summed E-state index contributed by atoms with van der Waals surface area (Å²) in [7, 11) is -7.32. The summed E-state index contributed by atoms with van der Waals surface area (Å²) >= 11 is 0. The van der Waals surface area contributed by atoms with Crippen LogP contribution in [0.4, 0.5) is 0 Å². The lowest BCUT2D eigenvalue weighted by atomic mass is 10.2. The van der Waals surface area contributed by atoms with E-state index in [9.17, 15) is 21.9 Å². The van der Waals surface area contributed by atoms with Gasteiger partial charge in [0.1, 0.15) is 0 Å². The third-order valence-electron chi connectivity index (χ3n) is 1.42. The maximum Gasteiger partial charge on any atom is 0.264 e. The number of aliphatic hydroxyl groups excluding tert-OH is 1. The van der Waals surface area contributed by atoms with Crippen LogP contribution in [0, 0.1) is 0 Å². The molecule has 0 aromatic heterocycles. The Kier molecular flexibility index (Phi) is 5.79. The second kappa shape index (κ2) is 5.89. The highest BCUT2D eigenvalue weighted by Crippen LogP contribution is 1.98. The summed E-state index contributed by atoms with van der Waals surface area (Å²) in [4.78, 5) is 0. The van der Waals surface area contributed by atoms with Crippen molar-refractivity contribution in [2.24, 2.45) is 5.73 Å². The van der Waals surface area contributed by atoms with E-state index in [4.69, 9.17) is 5.73 Å². The Morgan fingerprint density at radius 3 is 1.81 bits per heavy atom. The van der Waals surface area contributed by atoms with Gasteiger partial charge in [0.15, 0.2) is 0 Å². The van der Waals surface area contributed by atoms with Gasteiger partial charge in [0.05, 0.1) is 37.9 Å². The molecule has 0 aromatic carbocycles. The van der Waals surface area contributed by atoms with Crippen molar-refractivity contribution in [1.82, 2.24) is 0 Å². The van der Waals surface area contributed by atoms with Crippen LogP contribution in [-0.2, 0) is 28.6 Å². The van der Waals surface area contributed by atoms with Crippen molar-refractivity contribution >= 4 is 20.2 Å². The van der Waals surface area contributed by atoms with Crippen molar-refractivity contribution in [3.05, 3.63) is 0 Å². The fourth-order valence-corrected chi connectivity index (χ4v) is 1.42. The first-order valence-corrected chi connectivity index (χ1v) is 7.77. The molecule has 0 bridgehead atoms. The fourth-order valence-electron chi connectivity index (χ4n) is 0.630. The van der Waals surface area contributed by atoms with Gasteiger partial charge in [0.2, 0.25) is 0 Å². The molecule has 8 nitrogen and oxygen atoms in total. The van der Waals surface area contributed by atoms with Crippen LogP contribution in [0.2, 0.25) is 0 Å². The zero-order chi connectivity index (χ0) is 13.0. The Morgan fingerprint density at radius 1 is 1.06 bits per heavy atom. The SMILES string of the molecule is CS(=O)(=O)OCC(N)C(O)COS(C)(=O)=O. The molecule has 16 heavy (non-hydrogen) atoms. The van der Waals surface area contributed by atoms with Crippen LogP contribution in [0.15, 0.2) is 0 Å². The Balaban J connectivity index is 4.05. The Morgan fingerprint density at radius 2 is 1.44 bits per heavy atom. The maximum atomic E-state index is 10.6. The van der Waals surface area contributed by atoms with E-state index in [1.807, 2.05) is 0 Å². The van der Waals surface area contributed by atoms with Crippen LogP contribution < -0.4 is 5.73 Å². The van der Waals surface area contributed by atoms with Crippen molar-refractivity contribution in [1.29, 1.82) is 0 Å². The van der Waals surface area contributed by atoms with Gasteiger partial charge in [0.25, 0.3) is 20.2 Å². The van der Waals surface area contributed by atoms with E-state index in [1.165, 1.54) is 0 Å². The fraction of sp³-hybridized carbons (Fsp3) is 1.00. The van der Waals surface area contributed by atoms with E-state index < -0.39 is 45.6 Å². The molecule has 0 aromatic rings. The van der Waals surface area contributed by atoms with E-state index in [0.717, 1.165) is 12.5 Å². The summed E-state index contributed by atoms with van der Waals surface area (Å²) in [6.45, 7) is -1.000. The van der Waals surface area contributed by atoms with Crippen LogP contribution in [0.3, 0.4) is 0 Å². The van der Waals surface area contributed by atoms with E-state index >= 15 is 0 Å². The van der Waals surface area contributed by atoms with Crippen molar-refractivity contribution in [3.8, 4) is 0 Å². The summed E-state index contributed by atoms with van der Waals surface area (Å²) in [6.07, 6.45) is 0.314. The maximum absolute atomic E-state index is 10.6. The first-order chi connectivity index (χ1) is 7.01. The molecule has 0 spiro atoms. The van der Waals surface area contributed by atoms with E-state index in [0.29, 0.717) is 0 Å². The minimum Gasteiger partial charge on any atom is -0.389 e. The predicted molar refractivity (Wildman–Crippen MR) is 55.6 cm³/mol. The molecule has 0 saturated carbocycles. The standard InChI is InChI=1S/C6H15NO7S2/c1-15(9,10)13-3-5(7)6(8)4-14-16(2,11)12/h5-6,8H,3-4,7H2,1-2H3. The molecule has 0 heterocycles. The van der Waals surface area contributed by atoms with Gasteiger partial charge >= 0.3 is 0 Å². The van der Waals surface area contributed by atoms with Gasteiger partial charge in [-0.1, -0.05) is 0 Å². The van der Waals surface area contributed by atoms with Gasteiger partial charge in [-0.15, -0.1) is 0 Å². The average Bonchev–Trinajstić information content (AvgIpc) is 2.07. The second-order valence-electron chi connectivity index (χ2n) is 3.21. The summed E-state index contributed by atoms with van der Waals surface area (Å²) in [5.74, 6) is 0. The molecule has 2 atom stereocenters. The average molecular weight is 277 g/mol. The molecule has 98 valence electrons. The predicted octanol–water partition coefficient (Wildman–Crippen LogP) is -2.37. The van der Waals surface area contributed by atoms with Crippen molar-refractivity contribution in [2.75, 3.05) is 25.7 Å². The molecule has 0 aliphatic rings. The van der Waals surface area contributed by atoms with Crippen molar-refractivity contribution in [3.63, 3.8) is 0 Å². The summed E-state index contributed by atoms with van der Waals surface area (Å²) < 4.78 is 50.9. The molecule has 0 saturated heterocycles. The van der Waals surface area contributed by atoms with Gasteiger partial charge < -0.3 is 10.8 Å². The van der Waals surface area contributed by atoms with Crippen LogP contribution in [0.1, 0.15) is 0 Å². The van der Waals surface area contributed by atoms with Crippen LogP contribution >= 0.6 is 0 Å². The molecular formula is C6H15NO7S2. The lowest BCUT2D eigenvalue weighted by molar-refractivity contribution is 0.0721. The van der Waals surface area contributed by atoms with E-state index in [-0.39, 0.29) is 0 Å². The second-order valence-corrected chi connectivity index (χ2v) is 6.50. The number of hydrogen-bond donors (Lipinski definition) is 2. The normalized spacial score (nSPS) is 17.0. The lowest BCUT2D eigenvalue weighted by Gasteiger charge is -2.17. The largest absolute Gasteiger partial charge is 0.389 e. The first-order valence-electron chi connectivity index (χ1n) is 4.14. The highest BCUT2D eigenvalue weighted by Gasteiger charge is 2.19. The molecule has 3 N–H and O–H groups in total. The monoisotopic (exact) mass is 277 g/mol. The van der Waals surface area contributed by atoms with Crippen LogP contribution in [-0.4, -0.2) is 59.8 Å². The molecule has 0 rings (SSSR count).